The number of amides is 1. The molecule has 1 aromatic heterocycles. The smallest absolute Gasteiger partial charge is 0.271 e. The van der Waals surface area contributed by atoms with E-state index in [4.69, 9.17) is 0 Å². The van der Waals surface area contributed by atoms with E-state index < -0.39 is 0 Å². The second-order valence-electron chi connectivity index (χ2n) is 8.44. The summed E-state index contributed by atoms with van der Waals surface area (Å²) in [6, 6.07) is 3.81. The van der Waals surface area contributed by atoms with Gasteiger partial charge in [-0.3, -0.25) is 4.79 Å². The van der Waals surface area contributed by atoms with Gasteiger partial charge in [0.25, 0.3) is 5.91 Å². The first-order valence-corrected chi connectivity index (χ1v) is 11.0. The third-order valence-electron chi connectivity index (χ3n) is 5.65. The maximum atomic E-state index is 13.6. The summed E-state index contributed by atoms with van der Waals surface area (Å²) in [5.41, 5.74) is 5.02. The molecule has 0 fully saturated rings. The zero-order valence-electron chi connectivity index (χ0n) is 15.9. The molecule has 2 aliphatic rings. The predicted molar refractivity (Wildman–Crippen MR) is 114 cm³/mol. The van der Waals surface area contributed by atoms with Crippen molar-refractivity contribution < 1.29 is 9.90 Å². The van der Waals surface area contributed by atoms with Crippen molar-refractivity contribution in [3.05, 3.63) is 37.9 Å². The molecule has 0 atom stereocenters. The fraction of sp³-hybridized carbons (Fsp3) is 0.476. The molecule has 0 saturated carbocycles. The fourth-order valence-corrected chi connectivity index (χ4v) is 5.46. The number of rotatable bonds is 0. The van der Waals surface area contributed by atoms with Gasteiger partial charge in [-0.2, -0.15) is 0 Å². The molecule has 2 aromatic rings. The van der Waals surface area contributed by atoms with E-state index in [-0.39, 0.29) is 17.2 Å². The number of aromatic nitrogens is 1. The molecule has 0 saturated heterocycles. The molecular weight excluding hydrogens is 472 g/mol. The highest BCUT2D eigenvalue weighted by Crippen LogP contribution is 2.45. The molecule has 1 aromatic carbocycles. The third kappa shape index (κ3) is 3.05. The number of nitrogens with zero attached hydrogens (tertiary/aromatic N) is 2. The lowest BCUT2D eigenvalue weighted by atomic mass is 9.98. The molecule has 144 valence electrons. The molecule has 3 heterocycles. The van der Waals surface area contributed by atoms with Crippen molar-refractivity contribution in [2.75, 3.05) is 6.54 Å². The maximum absolute atomic E-state index is 13.6. The molecule has 0 spiro atoms. The van der Waals surface area contributed by atoms with Gasteiger partial charge in [0, 0.05) is 28.7 Å². The van der Waals surface area contributed by atoms with Gasteiger partial charge in [0.1, 0.15) is 11.4 Å². The largest absolute Gasteiger partial charge is 0.507 e. The summed E-state index contributed by atoms with van der Waals surface area (Å²) in [5, 5.41) is 10.1. The van der Waals surface area contributed by atoms with Crippen molar-refractivity contribution in [2.24, 2.45) is 0 Å². The van der Waals surface area contributed by atoms with E-state index in [1.165, 1.54) is 0 Å². The van der Waals surface area contributed by atoms with Gasteiger partial charge in [0.2, 0.25) is 0 Å². The molecular formula is C21H24Br2N2O2. The zero-order chi connectivity index (χ0) is 19.5. The molecule has 27 heavy (non-hydrogen) atoms. The summed E-state index contributed by atoms with van der Waals surface area (Å²) in [5.74, 6) is 0.392. The van der Waals surface area contributed by atoms with Gasteiger partial charge in [-0.15, -0.1) is 0 Å². The summed E-state index contributed by atoms with van der Waals surface area (Å²) in [6.07, 6.45) is 3.81. The predicted octanol–water partition coefficient (Wildman–Crippen LogP) is 5.52. The maximum Gasteiger partial charge on any atom is 0.271 e. The SMILES string of the molecule is CC(C)(C)N1CCCCc2c(Br)c3n(c2C1=O)CCc1cc(O)c(Br)cc1-3. The zero-order valence-corrected chi connectivity index (χ0v) is 19.1. The second-order valence-corrected chi connectivity index (χ2v) is 10.1. The molecule has 2 aliphatic heterocycles. The van der Waals surface area contributed by atoms with Crippen LogP contribution in [-0.2, 0) is 19.4 Å². The number of benzene rings is 1. The molecule has 1 amide bonds. The van der Waals surface area contributed by atoms with Gasteiger partial charge in [0.15, 0.2) is 0 Å². The highest BCUT2D eigenvalue weighted by Gasteiger charge is 2.36. The molecule has 0 bridgehead atoms. The topological polar surface area (TPSA) is 45.5 Å². The number of aryl methyl sites for hydroxylation is 1. The Morgan fingerprint density at radius 2 is 1.78 bits per heavy atom. The van der Waals surface area contributed by atoms with Crippen LogP contribution >= 0.6 is 31.9 Å². The Bertz CT molecular complexity index is 941. The quantitative estimate of drug-likeness (QED) is 0.523. The van der Waals surface area contributed by atoms with Crippen molar-refractivity contribution in [1.82, 2.24) is 9.47 Å². The molecule has 4 nitrogen and oxygen atoms in total. The minimum atomic E-state index is -0.204. The number of carbonyl (C=O) groups is 1. The number of phenols is 1. The van der Waals surface area contributed by atoms with Crippen molar-refractivity contribution in [2.45, 2.75) is 58.5 Å². The van der Waals surface area contributed by atoms with Gasteiger partial charge in [-0.1, -0.05) is 0 Å². The van der Waals surface area contributed by atoms with Crippen LogP contribution in [0.15, 0.2) is 21.1 Å². The summed E-state index contributed by atoms with van der Waals surface area (Å²) in [7, 11) is 0. The monoisotopic (exact) mass is 494 g/mol. The van der Waals surface area contributed by atoms with Crippen LogP contribution in [0.1, 0.15) is 55.2 Å². The minimum Gasteiger partial charge on any atom is -0.507 e. The van der Waals surface area contributed by atoms with Crippen LogP contribution in [0, 0.1) is 0 Å². The molecule has 0 aliphatic carbocycles. The van der Waals surface area contributed by atoms with Crippen molar-refractivity contribution >= 4 is 37.8 Å². The highest BCUT2D eigenvalue weighted by molar-refractivity contribution is 9.11. The van der Waals surface area contributed by atoms with E-state index in [9.17, 15) is 9.90 Å². The van der Waals surface area contributed by atoms with Gasteiger partial charge < -0.3 is 14.6 Å². The molecule has 1 N–H and O–H groups in total. The van der Waals surface area contributed by atoms with Crippen LogP contribution in [-0.4, -0.2) is 32.6 Å². The second kappa shape index (κ2) is 6.66. The lowest BCUT2D eigenvalue weighted by molar-refractivity contribution is 0.0558. The lowest BCUT2D eigenvalue weighted by Gasteiger charge is -2.37. The van der Waals surface area contributed by atoms with Gasteiger partial charge in [-0.05, 0) is 102 Å². The molecule has 4 rings (SSSR count). The average molecular weight is 496 g/mol. The summed E-state index contributed by atoms with van der Waals surface area (Å²) in [4.78, 5) is 15.6. The van der Waals surface area contributed by atoms with Gasteiger partial charge >= 0.3 is 0 Å². The van der Waals surface area contributed by atoms with Crippen molar-refractivity contribution in [3.63, 3.8) is 0 Å². The van der Waals surface area contributed by atoms with Crippen LogP contribution in [0.5, 0.6) is 5.75 Å². The van der Waals surface area contributed by atoms with E-state index >= 15 is 0 Å². The normalized spacial score (nSPS) is 17.1. The summed E-state index contributed by atoms with van der Waals surface area (Å²) >= 11 is 7.27. The van der Waals surface area contributed by atoms with E-state index in [2.05, 4.69) is 57.2 Å². The number of aromatic hydroxyl groups is 1. The van der Waals surface area contributed by atoms with Crippen LogP contribution in [0.3, 0.4) is 0 Å². The first-order chi connectivity index (χ1) is 12.7. The summed E-state index contributed by atoms with van der Waals surface area (Å²) < 4.78 is 3.90. The Kier molecular flexibility index (Phi) is 4.70. The molecule has 0 unspecified atom stereocenters. The molecule has 6 heteroatoms. The fourth-order valence-electron chi connectivity index (χ4n) is 4.31. The van der Waals surface area contributed by atoms with E-state index in [1.807, 2.05) is 17.0 Å². The number of hydrogen-bond acceptors (Lipinski definition) is 2. The van der Waals surface area contributed by atoms with Crippen LogP contribution in [0.4, 0.5) is 0 Å². The molecule has 0 radical (unpaired) electrons. The Morgan fingerprint density at radius 1 is 1.04 bits per heavy atom. The minimum absolute atomic E-state index is 0.130. The van der Waals surface area contributed by atoms with Gasteiger partial charge in [0.05, 0.1) is 10.2 Å². The van der Waals surface area contributed by atoms with E-state index in [0.29, 0.717) is 4.47 Å². The van der Waals surface area contributed by atoms with Crippen LogP contribution in [0.25, 0.3) is 11.3 Å². The number of phenolic OH excluding ortho intramolecular Hbond substituents is 1. The number of halogens is 2. The van der Waals surface area contributed by atoms with Crippen LogP contribution < -0.4 is 0 Å². The Morgan fingerprint density at radius 3 is 2.48 bits per heavy atom. The lowest BCUT2D eigenvalue weighted by Crippen LogP contribution is -2.47. The number of carbonyl (C=O) groups excluding carboxylic acids is 1. The summed E-state index contributed by atoms with van der Waals surface area (Å²) in [6.45, 7) is 7.88. The average Bonchev–Trinajstić information content (AvgIpc) is 2.84. The number of fused-ring (bicyclic) bond motifs is 5. The Labute approximate surface area is 176 Å². The van der Waals surface area contributed by atoms with Crippen molar-refractivity contribution in [1.29, 1.82) is 0 Å². The highest BCUT2D eigenvalue weighted by atomic mass is 79.9. The Hall–Kier alpha value is -1.27. The first-order valence-electron chi connectivity index (χ1n) is 9.44. The third-order valence-corrected chi connectivity index (χ3v) is 7.14. The van der Waals surface area contributed by atoms with Gasteiger partial charge in [-0.25, -0.2) is 0 Å². The first kappa shape index (κ1) is 19.1. The van der Waals surface area contributed by atoms with Crippen LogP contribution in [0.2, 0.25) is 0 Å². The van der Waals surface area contributed by atoms with E-state index in [0.717, 1.165) is 71.3 Å². The standard InChI is InChI=1S/C21H24Br2N2O2/c1-21(2,3)25-8-5-4-6-13-17(23)18-14-11-15(22)16(26)10-12(14)7-9-24(18)19(13)20(25)27/h10-11,26H,4-9H2,1-3H3. The van der Waals surface area contributed by atoms with Crippen molar-refractivity contribution in [3.8, 4) is 17.0 Å². The number of hydrogen-bond donors (Lipinski definition) is 1. The Balaban J connectivity index is 1.95. The van der Waals surface area contributed by atoms with E-state index in [1.54, 1.807) is 0 Å².